The summed E-state index contributed by atoms with van der Waals surface area (Å²) < 4.78 is 5.34. The molecular weight excluding hydrogens is 455 g/mol. The van der Waals surface area contributed by atoms with Crippen molar-refractivity contribution in [3.8, 4) is 0 Å². The van der Waals surface area contributed by atoms with Gasteiger partial charge in [0.2, 0.25) is 5.89 Å². The molecule has 8 heteroatoms. The molecule has 2 rings (SSSR count). The lowest BCUT2D eigenvalue weighted by Gasteiger charge is -2.33. The van der Waals surface area contributed by atoms with Crippen molar-refractivity contribution in [2.24, 2.45) is 4.99 Å². The van der Waals surface area contributed by atoms with Gasteiger partial charge < -0.3 is 20.1 Å². The average Bonchev–Trinajstić information content (AvgIpc) is 3.09. The Labute approximate surface area is 181 Å². The minimum Gasteiger partial charge on any atom is -0.357 e. The third-order valence-electron chi connectivity index (χ3n) is 4.59. The number of likely N-dealkylation sites (tertiary alicyclic amines) is 1. The summed E-state index contributed by atoms with van der Waals surface area (Å²) in [5.74, 6) is 2.11. The molecular formula is C19H37IN6O. The van der Waals surface area contributed by atoms with Crippen molar-refractivity contribution >= 4 is 29.9 Å². The Morgan fingerprint density at radius 3 is 2.52 bits per heavy atom. The topological polar surface area (TPSA) is 78.6 Å². The summed E-state index contributed by atoms with van der Waals surface area (Å²) in [6, 6.07) is 0.473. The number of nitrogens with one attached hydrogen (secondary N) is 2. The van der Waals surface area contributed by atoms with Gasteiger partial charge >= 0.3 is 0 Å². The Balaban J connectivity index is 0.00000364. The fourth-order valence-corrected chi connectivity index (χ4v) is 2.97. The number of aliphatic imine (C=N–C) groups is 1. The van der Waals surface area contributed by atoms with Crippen LogP contribution in [0.2, 0.25) is 0 Å². The van der Waals surface area contributed by atoms with Gasteiger partial charge in [-0.05, 0) is 32.7 Å². The molecule has 1 saturated heterocycles. The zero-order valence-corrected chi connectivity index (χ0v) is 19.9. The number of hydrogen-bond donors (Lipinski definition) is 2. The van der Waals surface area contributed by atoms with Crippen molar-refractivity contribution in [2.75, 3.05) is 26.2 Å². The van der Waals surface area contributed by atoms with Gasteiger partial charge in [-0.1, -0.05) is 39.3 Å². The lowest BCUT2D eigenvalue weighted by Crippen LogP contribution is -2.48. The standard InChI is InChI=1S/C19H36N6O.HI/c1-6-8-11-25-12-9-15(10-13-25)22-18(20-7-2)21-14-16-23-17(26-24-16)19(3,4)5;/h15H,6-14H2,1-5H3,(H2,20,21,22);1H. The van der Waals surface area contributed by atoms with E-state index < -0.39 is 0 Å². The molecule has 0 radical (unpaired) electrons. The van der Waals surface area contributed by atoms with Gasteiger partial charge in [0.15, 0.2) is 11.8 Å². The zero-order valence-electron chi connectivity index (χ0n) is 17.5. The molecule has 0 bridgehead atoms. The van der Waals surface area contributed by atoms with E-state index in [1.54, 1.807) is 0 Å². The number of nitrogens with zero attached hydrogens (tertiary/aromatic N) is 4. The third-order valence-corrected chi connectivity index (χ3v) is 4.59. The summed E-state index contributed by atoms with van der Waals surface area (Å²) in [7, 11) is 0. The molecule has 0 unspecified atom stereocenters. The van der Waals surface area contributed by atoms with E-state index in [-0.39, 0.29) is 29.4 Å². The molecule has 27 heavy (non-hydrogen) atoms. The Kier molecular flexibility index (Phi) is 10.6. The highest BCUT2D eigenvalue weighted by atomic mass is 127. The minimum absolute atomic E-state index is 0. The van der Waals surface area contributed by atoms with E-state index in [1.165, 1.54) is 19.4 Å². The lowest BCUT2D eigenvalue weighted by atomic mass is 9.97. The van der Waals surface area contributed by atoms with Crippen molar-refractivity contribution in [1.29, 1.82) is 0 Å². The first kappa shape index (κ1) is 24.1. The van der Waals surface area contributed by atoms with E-state index in [0.29, 0.717) is 24.3 Å². The molecule has 2 N–H and O–H groups in total. The highest BCUT2D eigenvalue weighted by Crippen LogP contribution is 2.19. The number of rotatable bonds is 7. The van der Waals surface area contributed by atoms with Gasteiger partial charge in [-0.25, -0.2) is 4.99 Å². The van der Waals surface area contributed by atoms with E-state index in [1.807, 2.05) is 0 Å². The molecule has 7 nitrogen and oxygen atoms in total. The number of aromatic nitrogens is 2. The summed E-state index contributed by atoms with van der Waals surface area (Å²) in [6.07, 6.45) is 4.88. The molecule has 156 valence electrons. The van der Waals surface area contributed by atoms with Crippen LogP contribution >= 0.6 is 24.0 Å². The SMILES string of the molecule is CCCCN1CCC(NC(=NCc2noc(C(C)(C)C)n2)NCC)CC1.I. The van der Waals surface area contributed by atoms with E-state index in [9.17, 15) is 0 Å². The molecule has 2 heterocycles. The van der Waals surface area contributed by atoms with Crippen LogP contribution in [0.3, 0.4) is 0 Å². The van der Waals surface area contributed by atoms with Crippen LogP contribution in [-0.2, 0) is 12.0 Å². The van der Waals surface area contributed by atoms with E-state index in [0.717, 1.165) is 38.4 Å². The van der Waals surface area contributed by atoms with Gasteiger partial charge in [0, 0.05) is 31.1 Å². The van der Waals surface area contributed by atoms with E-state index >= 15 is 0 Å². The van der Waals surface area contributed by atoms with Crippen molar-refractivity contribution in [1.82, 2.24) is 25.7 Å². The second kappa shape index (κ2) is 11.8. The predicted molar refractivity (Wildman–Crippen MR) is 121 cm³/mol. The second-order valence-electron chi connectivity index (χ2n) is 8.07. The monoisotopic (exact) mass is 492 g/mol. The van der Waals surface area contributed by atoms with Crippen LogP contribution in [0, 0.1) is 0 Å². The molecule has 1 aliphatic rings. The Hall–Kier alpha value is -0.900. The summed E-state index contributed by atoms with van der Waals surface area (Å²) >= 11 is 0. The van der Waals surface area contributed by atoms with Gasteiger partial charge in [-0.3, -0.25) is 0 Å². The van der Waals surface area contributed by atoms with Gasteiger partial charge in [0.05, 0.1) is 0 Å². The fraction of sp³-hybridized carbons (Fsp3) is 0.842. The molecule has 1 aliphatic heterocycles. The van der Waals surface area contributed by atoms with Crippen LogP contribution in [0.1, 0.15) is 72.0 Å². The van der Waals surface area contributed by atoms with Gasteiger partial charge in [0.1, 0.15) is 6.54 Å². The van der Waals surface area contributed by atoms with Crippen LogP contribution < -0.4 is 10.6 Å². The zero-order chi connectivity index (χ0) is 19.0. The number of piperidine rings is 1. The van der Waals surface area contributed by atoms with Crippen LogP contribution in [0.15, 0.2) is 9.52 Å². The highest BCUT2D eigenvalue weighted by Gasteiger charge is 2.22. The maximum absolute atomic E-state index is 5.34. The first-order valence-electron chi connectivity index (χ1n) is 10.0. The van der Waals surface area contributed by atoms with Crippen LogP contribution in [-0.4, -0.2) is 53.2 Å². The van der Waals surface area contributed by atoms with Crippen LogP contribution in [0.5, 0.6) is 0 Å². The number of guanidine groups is 1. The van der Waals surface area contributed by atoms with Crippen molar-refractivity contribution in [3.63, 3.8) is 0 Å². The number of hydrogen-bond acceptors (Lipinski definition) is 5. The molecule has 1 aromatic heterocycles. The van der Waals surface area contributed by atoms with Gasteiger partial charge in [-0.2, -0.15) is 4.98 Å². The maximum Gasteiger partial charge on any atom is 0.232 e. The molecule has 0 aromatic carbocycles. The molecule has 0 amide bonds. The molecule has 1 fully saturated rings. The smallest absolute Gasteiger partial charge is 0.232 e. The largest absolute Gasteiger partial charge is 0.357 e. The Bertz CT molecular complexity index is 561. The molecule has 0 aliphatic carbocycles. The third kappa shape index (κ3) is 8.33. The van der Waals surface area contributed by atoms with Crippen LogP contribution in [0.25, 0.3) is 0 Å². The quantitative estimate of drug-likeness (QED) is 0.346. The second-order valence-corrected chi connectivity index (χ2v) is 8.07. The predicted octanol–water partition coefficient (Wildman–Crippen LogP) is 3.30. The molecule has 0 atom stereocenters. The fourth-order valence-electron chi connectivity index (χ4n) is 2.97. The summed E-state index contributed by atoms with van der Waals surface area (Å²) in [6.45, 7) is 15.3. The molecule has 0 spiro atoms. The Morgan fingerprint density at radius 2 is 1.96 bits per heavy atom. The summed E-state index contributed by atoms with van der Waals surface area (Å²) in [5.41, 5.74) is -0.135. The van der Waals surface area contributed by atoms with E-state index in [2.05, 4.69) is 65.3 Å². The van der Waals surface area contributed by atoms with Crippen molar-refractivity contribution in [2.45, 2.75) is 78.3 Å². The van der Waals surface area contributed by atoms with E-state index in [4.69, 9.17) is 4.52 Å². The van der Waals surface area contributed by atoms with Crippen molar-refractivity contribution < 1.29 is 4.52 Å². The Morgan fingerprint density at radius 1 is 1.26 bits per heavy atom. The summed E-state index contributed by atoms with van der Waals surface area (Å²) in [5, 5.41) is 10.9. The lowest BCUT2D eigenvalue weighted by molar-refractivity contribution is 0.203. The van der Waals surface area contributed by atoms with Gasteiger partial charge in [-0.15, -0.1) is 24.0 Å². The van der Waals surface area contributed by atoms with Gasteiger partial charge in [0.25, 0.3) is 0 Å². The maximum atomic E-state index is 5.34. The molecule has 1 aromatic rings. The first-order valence-corrected chi connectivity index (χ1v) is 10.0. The summed E-state index contributed by atoms with van der Waals surface area (Å²) in [4.78, 5) is 11.7. The first-order chi connectivity index (χ1) is 12.4. The molecule has 0 saturated carbocycles. The average molecular weight is 492 g/mol. The minimum atomic E-state index is -0.135. The number of halogens is 1. The van der Waals surface area contributed by atoms with Crippen molar-refractivity contribution in [3.05, 3.63) is 11.7 Å². The van der Waals surface area contributed by atoms with Crippen LogP contribution in [0.4, 0.5) is 0 Å². The normalized spacial score (nSPS) is 16.9. The number of unbranched alkanes of at least 4 members (excludes halogenated alkanes) is 1. The highest BCUT2D eigenvalue weighted by molar-refractivity contribution is 14.0.